The Balaban J connectivity index is 2.37. The molecule has 4 heteroatoms. The predicted octanol–water partition coefficient (Wildman–Crippen LogP) is 3.87. The average Bonchev–Trinajstić information content (AvgIpc) is 2.36. The highest BCUT2D eigenvalue weighted by Crippen LogP contribution is 2.28. The molecule has 0 radical (unpaired) electrons. The normalized spacial score (nSPS) is 11.6. The largest absolute Gasteiger partial charge is 0.290 e. The molecule has 2 rings (SSSR count). The SMILES string of the molecule is C[N+](C)(Cc1ccccc1)c1ccc(F)c(F)c1F. The quantitative estimate of drug-likeness (QED) is 0.584. The van der Waals surface area contributed by atoms with E-state index in [0.29, 0.717) is 6.54 Å². The first-order chi connectivity index (χ1) is 8.92. The second-order valence-electron chi connectivity index (χ2n) is 5.02. The van der Waals surface area contributed by atoms with E-state index in [2.05, 4.69) is 0 Å². The van der Waals surface area contributed by atoms with Crippen LogP contribution in [0.4, 0.5) is 18.9 Å². The molecule has 0 fully saturated rings. The molecule has 0 saturated heterocycles. The zero-order valence-corrected chi connectivity index (χ0v) is 10.8. The second-order valence-corrected chi connectivity index (χ2v) is 5.02. The van der Waals surface area contributed by atoms with Gasteiger partial charge in [-0.3, -0.25) is 4.48 Å². The molecule has 1 nitrogen and oxygen atoms in total. The monoisotopic (exact) mass is 266 g/mol. The number of benzene rings is 2. The van der Waals surface area contributed by atoms with E-state index in [1.807, 2.05) is 30.3 Å². The van der Waals surface area contributed by atoms with Crippen LogP contribution in [0.5, 0.6) is 0 Å². The fourth-order valence-electron chi connectivity index (χ4n) is 2.11. The third-order valence-electron chi connectivity index (χ3n) is 3.09. The van der Waals surface area contributed by atoms with Crippen molar-refractivity contribution in [2.24, 2.45) is 0 Å². The fourth-order valence-corrected chi connectivity index (χ4v) is 2.11. The summed E-state index contributed by atoms with van der Waals surface area (Å²) in [4.78, 5) is 0. The molecule has 0 saturated carbocycles. The molecule has 0 atom stereocenters. The van der Waals surface area contributed by atoms with Gasteiger partial charge in [0.25, 0.3) is 0 Å². The Morgan fingerprint density at radius 3 is 2.11 bits per heavy atom. The number of halogens is 3. The molecule has 0 amide bonds. The minimum Gasteiger partial charge on any atom is -0.290 e. The molecule has 0 aliphatic heterocycles. The topological polar surface area (TPSA) is 0 Å². The number of nitrogens with zero attached hydrogens (tertiary/aromatic N) is 1. The van der Waals surface area contributed by atoms with Gasteiger partial charge in [0.05, 0.1) is 14.1 Å². The lowest BCUT2D eigenvalue weighted by Gasteiger charge is -2.29. The molecule has 0 aliphatic carbocycles. The minimum absolute atomic E-state index is 0.104. The van der Waals surface area contributed by atoms with Crippen molar-refractivity contribution < 1.29 is 13.2 Å². The van der Waals surface area contributed by atoms with E-state index < -0.39 is 17.5 Å². The summed E-state index contributed by atoms with van der Waals surface area (Å²) in [5, 5.41) is 0. The molecule has 100 valence electrons. The molecular formula is C15H15F3N+. The van der Waals surface area contributed by atoms with Crippen LogP contribution in [0.15, 0.2) is 42.5 Å². The van der Waals surface area contributed by atoms with E-state index in [0.717, 1.165) is 11.6 Å². The van der Waals surface area contributed by atoms with Crippen molar-refractivity contribution in [2.45, 2.75) is 6.54 Å². The third kappa shape index (κ3) is 2.79. The van der Waals surface area contributed by atoms with E-state index in [1.54, 1.807) is 14.1 Å². The van der Waals surface area contributed by atoms with Gasteiger partial charge in [-0.05, 0) is 6.07 Å². The lowest BCUT2D eigenvalue weighted by atomic mass is 10.1. The van der Waals surface area contributed by atoms with Crippen LogP contribution in [0.2, 0.25) is 0 Å². The summed E-state index contributed by atoms with van der Waals surface area (Å²) in [6.07, 6.45) is 0. The predicted molar refractivity (Wildman–Crippen MR) is 70.1 cm³/mol. The Morgan fingerprint density at radius 2 is 1.47 bits per heavy atom. The van der Waals surface area contributed by atoms with Crippen LogP contribution in [0.25, 0.3) is 0 Å². The van der Waals surface area contributed by atoms with Gasteiger partial charge in [0.2, 0.25) is 11.6 Å². The second kappa shape index (κ2) is 5.05. The van der Waals surface area contributed by atoms with Crippen LogP contribution in [-0.2, 0) is 6.54 Å². The van der Waals surface area contributed by atoms with Gasteiger partial charge in [-0.1, -0.05) is 30.3 Å². The maximum atomic E-state index is 13.8. The molecule has 0 heterocycles. The van der Waals surface area contributed by atoms with Gasteiger partial charge < -0.3 is 0 Å². The van der Waals surface area contributed by atoms with Crippen molar-refractivity contribution in [3.8, 4) is 0 Å². The number of hydrogen-bond donors (Lipinski definition) is 0. The van der Waals surface area contributed by atoms with Crippen molar-refractivity contribution in [1.82, 2.24) is 4.48 Å². The van der Waals surface area contributed by atoms with Crippen molar-refractivity contribution in [3.05, 3.63) is 65.5 Å². The van der Waals surface area contributed by atoms with Crippen LogP contribution in [-0.4, -0.2) is 14.1 Å². The van der Waals surface area contributed by atoms with E-state index in [-0.39, 0.29) is 10.2 Å². The van der Waals surface area contributed by atoms with Crippen LogP contribution >= 0.6 is 0 Å². The van der Waals surface area contributed by atoms with E-state index in [1.165, 1.54) is 6.07 Å². The summed E-state index contributed by atoms with van der Waals surface area (Å²) >= 11 is 0. The van der Waals surface area contributed by atoms with Gasteiger partial charge in [-0.2, -0.15) is 4.39 Å². The molecule has 2 aromatic carbocycles. The Labute approximate surface area is 110 Å². The van der Waals surface area contributed by atoms with E-state index in [9.17, 15) is 13.2 Å². The van der Waals surface area contributed by atoms with Gasteiger partial charge in [0.15, 0.2) is 11.5 Å². The molecule has 0 aliphatic rings. The lowest BCUT2D eigenvalue weighted by Crippen LogP contribution is -2.40. The zero-order valence-electron chi connectivity index (χ0n) is 10.8. The summed E-state index contributed by atoms with van der Waals surface area (Å²) in [5.74, 6) is -3.71. The first kappa shape index (κ1) is 13.6. The summed E-state index contributed by atoms with van der Waals surface area (Å²) in [6.45, 7) is 0.489. The number of hydrogen-bond acceptors (Lipinski definition) is 0. The summed E-state index contributed by atoms with van der Waals surface area (Å²) in [5.41, 5.74) is 1.12. The first-order valence-electron chi connectivity index (χ1n) is 5.93. The Kier molecular flexibility index (Phi) is 3.62. The lowest BCUT2D eigenvalue weighted by molar-refractivity contribution is 0.359. The van der Waals surface area contributed by atoms with E-state index in [4.69, 9.17) is 0 Å². The summed E-state index contributed by atoms with van der Waals surface area (Å²) in [7, 11) is 3.51. The van der Waals surface area contributed by atoms with E-state index >= 15 is 0 Å². The minimum atomic E-state index is -1.42. The molecule has 0 N–H and O–H groups in total. The van der Waals surface area contributed by atoms with Crippen molar-refractivity contribution >= 4 is 5.69 Å². The number of quaternary nitrogens is 1. The first-order valence-corrected chi connectivity index (χ1v) is 5.93. The fraction of sp³-hybridized carbons (Fsp3) is 0.200. The highest BCUT2D eigenvalue weighted by Gasteiger charge is 2.27. The van der Waals surface area contributed by atoms with Crippen LogP contribution < -0.4 is 4.48 Å². The molecule has 0 spiro atoms. The van der Waals surface area contributed by atoms with Crippen molar-refractivity contribution in [1.29, 1.82) is 0 Å². The van der Waals surface area contributed by atoms with Crippen molar-refractivity contribution in [2.75, 3.05) is 14.1 Å². The standard InChI is InChI=1S/C15H15F3N/c1-19(2,10-11-6-4-3-5-7-11)13-9-8-12(16)14(17)15(13)18/h3-9H,10H2,1-2H3/q+1. The summed E-state index contributed by atoms with van der Waals surface area (Å²) < 4.78 is 40.2. The molecular weight excluding hydrogens is 251 g/mol. The van der Waals surface area contributed by atoms with Gasteiger partial charge in [-0.25, -0.2) is 8.78 Å². The Morgan fingerprint density at radius 1 is 0.842 bits per heavy atom. The summed E-state index contributed by atoms with van der Waals surface area (Å²) in [6, 6.07) is 11.7. The molecule has 19 heavy (non-hydrogen) atoms. The Bertz CT molecular complexity index is 579. The maximum absolute atomic E-state index is 13.8. The zero-order chi connectivity index (χ0) is 14.0. The molecule has 0 bridgehead atoms. The van der Waals surface area contributed by atoms with Crippen LogP contribution in [0, 0.1) is 17.5 Å². The average molecular weight is 266 g/mol. The van der Waals surface area contributed by atoms with Crippen LogP contribution in [0.1, 0.15) is 5.56 Å². The van der Waals surface area contributed by atoms with Gasteiger partial charge >= 0.3 is 0 Å². The molecule has 0 aromatic heterocycles. The number of rotatable bonds is 3. The van der Waals surface area contributed by atoms with Gasteiger partial charge in [-0.15, -0.1) is 0 Å². The third-order valence-corrected chi connectivity index (χ3v) is 3.09. The highest BCUT2D eigenvalue weighted by atomic mass is 19.2. The molecule has 0 unspecified atom stereocenters. The van der Waals surface area contributed by atoms with Gasteiger partial charge in [0.1, 0.15) is 6.54 Å². The van der Waals surface area contributed by atoms with Crippen molar-refractivity contribution in [3.63, 3.8) is 0 Å². The smallest absolute Gasteiger partial charge is 0.222 e. The van der Waals surface area contributed by atoms with Crippen LogP contribution in [0.3, 0.4) is 0 Å². The molecule has 2 aromatic rings. The van der Waals surface area contributed by atoms with Gasteiger partial charge in [0, 0.05) is 11.6 Å². The maximum Gasteiger partial charge on any atom is 0.222 e. The Hall–Kier alpha value is -1.81. The highest BCUT2D eigenvalue weighted by molar-refractivity contribution is 5.44.